The number of fused-ring (bicyclic) bond motifs is 20. The summed E-state index contributed by atoms with van der Waals surface area (Å²) >= 11 is 0. The number of nitrogens with zero attached hydrogens (tertiary/aromatic N) is 8. The van der Waals surface area contributed by atoms with Gasteiger partial charge in [-0.3, -0.25) is 0 Å². The van der Waals surface area contributed by atoms with E-state index in [1.807, 2.05) is 72.8 Å². The van der Waals surface area contributed by atoms with Gasteiger partial charge in [0.25, 0.3) is 0 Å². The van der Waals surface area contributed by atoms with Gasteiger partial charge in [-0.15, -0.1) is 0 Å². The summed E-state index contributed by atoms with van der Waals surface area (Å²) in [4.78, 5) is 36.3. The van der Waals surface area contributed by atoms with E-state index in [-0.39, 0.29) is 27.9 Å². The normalized spacial score (nSPS) is 11.3. The summed E-state index contributed by atoms with van der Waals surface area (Å²) < 4.78 is 0. The minimum atomic E-state index is 0. The van der Waals surface area contributed by atoms with Crippen molar-refractivity contribution in [3.8, 4) is 57.7 Å². The van der Waals surface area contributed by atoms with Crippen LogP contribution in [0.5, 0.6) is 0 Å². The summed E-state index contributed by atoms with van der Waals surface area (Å²) in [6.07, 6.45) is 0. The first-order chi connectivity index (χ1) is 21.7. The number of nitrogens with one attached hydrogen (secondary N) is 2. The second kappa shape index (κ2) is 9.89. The Morgan fingerprint density at radius 1 is 0.444 bits per heavy atom. The van der Waals surface area contributed by atoms with Crippen LogP contribution in [0.3, 0.4) is 0 Å². The van der Waals surface area contributed by atoms with Gasteiger partial charge in [-0.05, 0) is 12.1 Å². The van der Waals surface area contributed by atoms with Crippen LogP contribution < -0.4 is 0 Å². The minimum absolute atomic E-state index is 0. The number of hydrogen-bond donors (Lipinski definition) is 2. The molecule has 5 heterocycles. The van der Waals surface area contributed by atoms with Gasteiger partial charge in [-0.1, -0.05) is 72.8 Å². The topological polar surface area (TPSA) is 156 Å². The molecular weight excluding hydrogens is 607 g/mol. The standard InChI is InChI=1S/C34H16N10.Co/c35-15-17-13-14-24-26(25(17)16-36)34-43-32-23-12-6-5-11-22(23)30(41-32)39-28-19-8-2-1-7-18(19)27(37-28)38-29-20-9-3-4-10-21(20)31(40-29)42-33(24)44-34;/h1-14H,(H2,37,38,39,40,41,42,43,44);. The molecule has 211 valence electrons. The van der Waals surface area contributed by atoms with Crippen molar-refractivity contribution >= 4 is 44.1 Å². The van der Waals surface area contributed by atoms with Gasteiger partial charge in [-0.2, -0.15) is 10.5 Å². The Balaban J connectivity index is 0.00000300. The van der Waals surface area contributed by atoms with Gasteiger partial charge >= 0.3 is 0 Å². The van der Waals surface area contributed by atoms with E-state index in [1.54, 1.807) is 12.1 Å². The molecule has 10 nitrogen and oxygen atoms in total. The molecule has 0 spiro atoms. The molecule has 0 saturated carbocycles. The Labute approximate surface area is 264 Å². The van der Waals surface area contributed by atoms with Gasteiger partial charge < -0.3 is 9.97 Å². The predicted molar refractivity (Wildman–Crippen MR) is 165 cm³/mol. The quantitative estimate of drug-likeness (QED) is 0.191. The van der Waals surface area contributed by atoms with E-state index in [9.17, 15) is 10.5 Å². The summed E-state index contributed by atoms with van der Waals surface area (Å²) in [5.41, 5.74) is 5.78. The van der Waals surface area contributed by atoms with Gasteiger partial charge in [-0.25, -0.2) is 29.9 Å². The summed E-state index contributed by atoms with van der Waals surface area (Å²) in [5.74, 6) is 1.88. The van der Waals surface area contributed by atoms with E-state index in [4.69, 9.17) is 29.9 Å². The van der Waals surface area contributed by atoms with Gasteiger partial charge in [0, 0.05) is 60.6 Å². The molecule has 2 N–H and O–H groups in total. The molecule has 2 aliphatic heterocycles. The third kappa shape index (κ3) is 3.86. The molecule has 45 heavy (non-hydrogen) atoms. The average molecular weight is 624 g/mol. The monoisotopic (exact) mass is 623 g/mol. The van der Waals surface area contributed by atoms with Crippen molar-refractivity contribution in [1.29, 1.82) is 10.5 Å². The number of hydrogen-bond acceptors (Lipinski definition) is 8. The third-order valence-electron chi connectivity index (χ3n) is 7.95. The Hall–Kier alpha value is -6.27. The van der Waals surface area contributed by atoms with Crippen LogP contribution in [-0.2, 0) is 16.8 Å². The van der Waals surface area contributed by atoms with E-state index in [1.165, 1.54) is 0 Å². The maximum atomic E-state index is 10.2. The fourth-order valence-corrected chi connectivity index (χ4v) is 5.94. The van der Waals surface area contributed by atoms with Crippen molar-refractivity contribution in [1.82, 2.24) is 39.9 Å². The predicted octanol–water partition coefficient (Wildman–Crippen LogP) is 6.61. The molecular formula is C34H16CoN10. The molecule has 0 unspecified atom stereocenters. The number of benzene rings is 4. The maximum Gasteiger partial charge on any atom is 0.164 e. The van der Waals surface area contributed by atoms with Gasteiger partial charge in [0.1, 0.15) is 34.7 Å². The van der Waals surface area contributed by atoms with E-state index in [0.29, 0.717) is 56.7 Å². The van der Waals surface area contributed by atoms with Crippen LogP contribution in [0.4, 0.5) is 0 Å². The zero-order valence-corrected chi connectivity index (χ0v) is 24.0. The van der Waals surface area contributed by atoms with E-state index in [0.717, 1.165) is 33.0 Å². The second-order valence-electron chi connectivity index (χ2n) is 10.4. The average Bonchev–Trinajstić information content (AvgIpc) is 3.80. The Morgan fingerprint density at radius 3 is 1.33 bits per heavy atom. The molecule has 0 atom stereocenters. The first-order valence-corrected chi connectivity index (χ1v) is 13.8. The fourth-order valence-electron chi connectivity index (χ4n) is 5.94. The third-order valence-corrected chi connectivity index (χ3v) is 7.95. The van der Waals surface area contributed by atoms with Crippen LogP contribution in [0.15, 0.2) is 84.9 Å². The van der Waals surface area contributed by atoms with Gasteiger partial charge in [0.05, 0.1) is 11.1 Å². The molecule has 0 saturated heterocycles. The van der Waals surface area contributed by atoms with Crippen LogP contribution in [0.25, 0.3) is 89.7 Å². The number of aromatic amines is 2. The van der Waals surface area contributed by atoms with E-state index < -0.39 is 0 Å². The number of H-pyrrole nitrogens is 2. The largest absolute Gasteiger partial charge is 0.324 e. The van der Waals surface area contributed by atoms with Crippen molar-refractivity contribution in [2.75, 3.05) is 0 Å². The molecule has 0 fully saturated rings. The van der Waals surface area contributed by atoms with Crippen molar-refractivity contribution < 1.29 is 16.8 Å². The Kier molecular flexibility index (Phi) is 5.79. The minimum Gasteiger partial charge on any atom is -0.324 e. The zero-order valence-electron chi connectivity index (χ0n) is 23.0. The van der Waals surface area contributed by atoms with Crippen LogP contribution in [-0.4, -0.2) is 39.9 Å². The van der Waals surface area contributed by atoms with E-state index >= 15 is 0 Å². The molecule has 8 bridgehead atoms. The maximum absolute atomic E-state index is 10.2. The van der Waals surface area contributed by atoms with Gasteiger partial charge in [0.15, 0.2) is 23.3 Å². The fraction of sp³-hybridized carbons (Fsp3) is 0. The Bertz CT molecular complexity index is 2650. The molecule has 7 aromatic rings. The van der Waals surface area contributed by atoms with Crippen molar-refractivity contribution in [3.63, 3.8) is 0 Å². The number of nitriles is 2. The summed E-state index contributed by atoms with van der Waals surface area (Å²) in [6, 6.07) is 31.2. The first-order valence-electron chi connectivity index (χ1n) is 13.8. The van der Waals surface area contributed by atoms with Gasteiger partial charge in [0.2, 0.25) is 0 Å². The molecule has 9 rings (SSSR count). The number of rotatable bonds is 0. The zero-order chi connectivity index (χ0) is 29.4. The van der Waals surface area contributed by atoms with Crippen molar-refractivity contribution in [2.24, 2.45) is 0 Å². The summed E-state index contributed by atoms with van der Waals surface area (Å²) in [7, 11) is 0. The Morgan fingerprint density at radius 2 is 0.867 bits per heavy atom. The first kappa shape index (κ1) is 26.4. The number of aromatic nitrogens is 8. The molecule has 3 aromatic heterocycles. The molecule has 11 heteroatoms. The molecule has 4 aromatic carbocycles. The SMILES string of the molecule is N#Cc1ccc2c3nc4nc(nc5[nH]c(nc6nc(nc([nH]3)c2c1C#N)-c1ccccc1-6)c1ccccc51)-c1ccccc1-4.[Co]. The van der Waals surface area contributed by atoms with Crippen LogP contribution in [0.1, 0.15) is 11.1 Å². The van der Waals surface area contributed by atoms with Crippen molar-refractivity contribution in [3.05, 3.63) is 96.1 Å². The summed E-state index contributed by atoms with van der Waals surface area (Å²) in [6.45, 7) is 0. The van der Waals surface area contributed by atoms with Crippen molar-refractivity contribution in [2.45, 2.75) is 0 Å². The molecule has 0 aliphatic carbocycles. The van der Waals surface area contributed by atoms with Crippen LogP contribution >= 0.6 is 0 Å². The molecule has 0 amide bonds. The summed E-state index contributed by atoms with van der Waals surface area (Å²) in [5, 5.41) is 22.9. The van der Waals surface area contributed by atoms with Crippen LogP contribution in [0.2, 0.25) is 0 Å². The second-order valence-corrected chi connectivity index (χ2v) is 10.4. The van der Waals surface area contributed by atoms with Crippen LogP contribution in [0, 0.1) is 22.7 Å². The molecule has 2 aliphatic rings. The smallest absolute Gasteiger partial charge is 0.164 e. The molecule has 1 radical (unpaired) electrons. The van der Waals surface area contributed by atoms with E-state index in [2.05, 4.69) is 22.1 Å².